The van der Waals surface area contributed by atoms with Gasteiger partial charge in [0.15, 0.2) is 0 Å². The molecule has 39 heavy (non-hydrogen) atoms. The molecule has 1 aliphatic heterocycles. The topological polar surface area (TPSA) is 91.0 Å². The smallest absolute Gasteiger partial charge is 0.255 e. The summed E-state index contributed by atoms with van der Waals surface area (Å²) in [6.07, 6.45) is 4.63. The molecule has 0 atom stereocenters. The molecule has 202 valence electrons. The minimum absolute atomic E-state index is 0.0611. The van der Waals surface area contributed by atoms with Crippen molar-refractivity contribution in [2.45, 2.75) is 38.9 Å². The molecule has 0 aliphatic carbocycles. The first kappa shape index (κ1) is 26.4. The van der Waals surface area contributed by atoms with Crippen molar-refractivity contribution in [3.8, 4) is 0 Å². The van der Waals surface area contributed by atoms with Gasteiger partial charge in [-0.3, -0.25) is 19.3 Å². The molecule has 1 N–H and O–H groups in total. The van der Waals surface area contributed by atoms with Crippen molar-refractivity contribution >= 4 is 5.91 Å². The summed E-state index contributed by atoms with van der Waals surface area (Å²) < 4.78 is 50.8. The Kier molecular flexibility index (Phi) is 7.60. The zero-order chi connectivity index (χ0) is 27.5. The molecule has 1 amide bonds. The SMILES string of the molecule is CCc1ccnc(CNC(=O)c2cn(Cc3ccc(Cn4cc(F)ccc4=O)c(F)c3)nc2C2COC2)c1F. The van der Waals surface area contributed by atoms with Crippen molar-refractivity contribution in [2.24, 2.45) is 0 Å². The lowest BCUT2D eigenvalue weighted by Crippen LogP contribution is -2.30. The molecular weight excluding hydrogens is 511 g/mol. The highest BCUT2D eigenvalue weighted by atomic mass is 19.1. The second-order valence-electron chi connectivity index (χ2n) is 9.37. The Labute approximate surface area is 222 Å². The summed E-state index contributed by atoms with van der Waals surface area (Å²) in [5.41, 5.74) is 1.93. The number of benzene rings is 1. The van der Waals surface area contributed by atoms with Gasteiger partial charge in [-0.1, -0.05) is 19.1 Å². The Morgan fingerprint density at radius 2 is 1.90 bits per heavy atom. The van der Waals surface area contributed by atoms with Crippen molar-refractivity contribution in [1.29, 1.82) is 0 Å². The van der Waals surface area contributed by atoms with E-state index in [1.807, 2.05) is 6.92 Å². The molecule has 1 aromatic carbocycles. The van der Waals surface area contributed by atoms with Crippen LogP contribution in [0.4, 0.5) is 13.2 Å². The molecule has 1 aliphatic rings. The second-order valence-corrected chi connectivity index (χ2v) is 9.37. The van der Waals surface area contributed by atoms with Gasteiger partial charge in [0.1, 0.15) is 17.5 Å². The Hall–Kier alpha value is -4.25. The van der Waals surface area contributed by atoms with E-state index >= 15 is 0 Å². The molecule has 0 saturated carbocycles. The van der Waals surface area contributed by atoms with E-state index in [0.29, 0.717) is 42.0 Å². The van der Waals surface area contributed by atoms with Crippen molar-refractivity contribution in [2.75, 3.05) is 13.2 Å². The third kappa shape index (κ3) is 5.78. The van der Waals surface area contributed by atoms with Crippen molar-refractivity contribution < 1.29 is 22.7 Å². The van der Waals surface area contributed by atoms with E-state index in [9.17, 15) is 22.8 Å². The predicted octanol–water partition coefficient (Wildman–Crippen LogP) is 3.56. The molecule has 4 aromatic rings. The molecule has 3 aromatic heterocycles. The fourth-order valence-corrected chi connectivity index (χ4v) is 4.39. The van der Waals surface area contributed by atoms with E-state index in [1.54, 1.807) is 23.0 Å². The number of aromatic nitrogens is 4. The summed E-state index contributed by atoms with van der Waals surface area (Å²) in [6.45, 7) is 2.68. The number of hydrogen-bond acceptors (Lipinski definition) is 5. The highest BCUT2D eigenvalue weighted by Crippen LogP contribution is 2.26. The Balaban J connectivity index is 1.32. The van der Waals surface area contributed by atoms with E-state index in [0.717, 1.165) is 22.9 Å². The summed E-state index contributed by atoms with van der Waals surface area (Å²) in [6, 6.07) is 8.29. The van der Waals surface area contributed by atoms with Crippen LogP contribution in [-0.4, -0.2) is 38.5 Å². The summed E-state index contributed by atoms with van der Waals surface area (Å²) in [4.78, 5) is 29.1. The largest absolute Gasteiger partial charge is 0.380 e. The highest BCUT2D eigenvalue weighted by Gasteiger charge is 2.29. The van der Waals surface area contributed by atoms with E-state index < -0.39 is 28.9 Å². The van der Waals surface area contributed by atoms with Gasteiger partial charge in [0.2, 0.25) is 0 Å². The zero-order valence-electron chi connectivity index (χ0n) is 21.2. The maximum atomic E-state index is 14.9. The van der Waals surface area contributed by atoms with Crippen LogP contribution in [0, 0.1) is 17.5 Å². The lowest BCUT2D eigenvalue weighted by molar-refractivity contribution is 0.00620. The minimum atomic E-state index is -0.589. The van der Waals surface area contributed by atoms with Gasteiger partial charge in [-0.25, -0.2) is 13.2 Å². The quantitative estimate of drug-likeness (QED) is 0.353. The summed E-state index contributed by atoms with van der Waals surface area (Å²) in [5, 5.41) is 7.29. The molecular formula is C28H26F3N5O3. The highest BCUT2D eigenvalue weighted by molar-refractivity contribution is 5.95. The van der Waals surface area contributed by atoms with Crippen LogP contribution in [-0.2, 0) is 30.8 Å². The van der Waals surface area contributed by atoms with Crippen LogP contribution < -0.4 is 10.9 Å². The normalized spacial score (nSPS) is 13.3. The van der Waals surface area contributed by atoms with Crippen LogP contribution in [0.15, 0.2) is 59.8 Å². The number of carbonyl (C=O) groups excluding carboxylic acids is 1. The maximum absolute atomic E-state index is 14.9. The van der Waals surface area contributed by atoms with Gasteiger partial charge in [-0.05, 0) is 35.7 Å². The first-order valence-corrected chi connectivity index (χ1v) is 12.5. The number of aryl methyl sites for hydroxylation is 1. The van der Waals surface area contributed by atoms with Crippen LogP contribution in [0.25, 0.3) is 0 Å². The number of carbonyl (C=O) groups is 1. The van der Waals surface area contributed by atoms with Gasteiger partial charge in [-0.2, -0.15) is 5.10 Å². The predicted molar refractivity (Wildman–Crippen MR) is 136 cm³/mol. The number of halogens is 3. The van der Waals surface area contributed by atoms with Gasteiger partial charge in [0, 0.05) is 30.2 Å². The van der Waals surface area contributed by atoms with Gasteiger partial charge >= 0.3 is 0 Å². The average Bonchev–Trinajstić information content (AvgIpc) is 3.28. The first-order valence-electron chi connectivity index (χ1n) is 12.5. The van der Waals surface area contributed by atoms with Crippen LogP contribution in [0.1, 0.15) is 51.3 Å². The fraction of sp³-hybridized carbons (Fsp3) is 0.286. The molecule has 4 heterocycles. The monoisotopic (exact) mass is 537 g/mol. The molecule has 0 bridgehead atoms. The number of ether oxygens (including phenoxy) is 1. The Bertz CT molecular complexity index is 1580. The number of pyridine rings is 2. The average molecular weight is 538 g/mol. The first-order chi connectivity index (χ1) is 18.8. The molecule has 5 rings (SSSR count). The van der Waals surface area contributed by atoms with Crippen LogP contribution in [0.5, 0.6) is 0 Å². The van der Waals surface area contributed by atoms with E-state index in [1.165, 1.54) is 18.3 Å². The van der Waals surface area contributed by atoms with E-state index in [-0.39, 0.29) is 36.8 Å². The van der Waals surface area contributed by atoms with Gasteiger partial charge in [0.05, 0.1) is 55.7 Å². The fourth-order valence-electron chi connectivity index (χ4n) is 4.39. The number of nitrogens with zero attached hydrogens (tertiary/aromatic N) is 4. The summed E-state index contributed by atoms with van der Waals surface area (Å²) in [7, 11) is 0. The second kappa shape index (κ2) is 11.2. The summed E-state index contributed by atoms with van der Waals surface area (Å²) in [5.74, 6) is -2.06. The molecule has 0 radical (unpaired) electrons. The standard InChI is InChI=1S/C28H26F3N5O3/c1-2-18-7-8-32-24(26(18)31)10-33-28(38)22-14-36(34-27(22)20-15-39-16-20)11-17-3-4-19(23(30)9-17)12-35-13-21(29)5-6-25(35)37/h3-9,13-14,20H,2,10-12,15-16H2,1H3,(H,33,38). The van der Waals surface area contributed by atoms with E-state index in [2.05, 4.69) is 15.4 Å². The Morgan fingerprint density at radius 3 is 2.62 bits per heavy atom. The number of hydrogen-bond donors (Lipinski definition) is 1. The van der Waals surface area contributed by atoms with Gasteiger partial charge < -0.3 is 14.6 Å². The van der Waals surface area contributed by atoms with Crippen molar-refractivity contribution in [1.82, 2.24) is 24.6 Å². The van der Waals surface area contributed by atoms with Crippen molar-refractivity contribution in [3.63, 3.8) is 0 Å². The number of nitrogens with one attached hydrogen (secondary N) is 1. The van der Waals surface area contributed by atoms with Crippen LogP contribution >= 0.6 is 0 Å². The third-order valence-electron chi connectivity index (χ3n) is 6.65. The molecule has 1 fully saturated rings. The molecule has 1 saturated heterocycles. The molecule has 0 spiro atoms. The maximum Gasteiger partial charge on any atom is 0.255 e. The van der Waals surface area contributed by atoms with Gasteiger partial charge in [-0.15, -0.1) is 0 Å². The van der Waals surface area contributed by atoms with Crippen molar-refractivity contribution in [3.05, 3.63) is 116 Å². The molecule has 8 nitrogen and oxygen atoms in total. The molecule has 0 unspecified atom stereocenters. The molecule has 11 heteroatoms. The lowest BCUT2D eigenvalue weighted by atomic mass is 10.00. The number of rotatable bonds is 9. The van der Waals surface area contributed by atoms with Gasteiger partial charge in [0.25, 0.3) is 11.5 Å². The Morgan fingerprint density at radius 1 is 1.08 bits per heavy atom. The minimum Gasteiger partial charge on any atom is -0.380 e. The van der Waals surface area contributed by atoms with Crippen LogP contribution in [0.3, 0.4) is 0 Å². The summed E-state index contributed by atoms with van der Waals surface area (Å²) >= 11 is 0. The third-order valence-corrected chi connectivity index (χ3v) is 6.65. The van der Waals surface area contributed by atoms with Crippen LogP contribution in [0.2, 0.25) is 0 Å². The number of amides is 1. The zero-order valence-corrected chi connectivity index (χ0v) is 21.2. The lowest BCUT2D eigenvalue weighted by Gasteiger charge is -2.25. The van der Waals surface area contributed by atoms with E-state index in [4.69, 9.17) is 4.74 Å².